The Balaban J connectivity index is 1.32. The van der Waals surface area contributed by atoms with Crippen molar-refractivity contribution in [1.29, 1.82) is 0 Å². The van der Waals surface area contributed by atoms with E-state index < -0.39 is 35.6 Å². The Morgan fingerprint density at radius 1 is 1.19 bits per heavy atom. The fourth-order valence-corrected chi connectivity index (χ4v) is 5.79. The third-order valence-electron chi connectivity index (χ3n) is 7.25. The summed E-state index contributed by atoms with van der Waals surface area (Å²) in [6.07, 6.45) is 6.50. The minimum absolute atomic E-state index is 0.133. The largest absolute Gasteiger partial charge is 0.452 e. The SMILES string of the molecule is Cc1cc(C)cc(N2C[C@@]34C=C[C@H](O3)[C@H](C(=O)O[C@@H](C)C(=O)NC3CCCC3)[C@@H]4C2=O)c1. The highest BCUT2D eigenvalue weighted by atomic mass is 16.6. The van der Waals surface area contributed by atoms with E-state index in [9.17, 15) is 14.4 Å². The van der Waals surface area contributed by atoms with Gasteiger partial charge in [0.25, 0.3) is 5.91 Å². The summed E-state index contributed by atoms with van der Waals surface area (Å²) in [5, 5.41) is 2.96. The summed E-state index contributed by atoms with van der Waals surface area (Å²) < 4.78 is 11.7. The lowest BCUT2D eigenvalue weighted by atomic mass is 9.77. The van der Waals surface area contributed by atoms with Crippen LogP contribution in [0, 0.1) is 25.7 Å². The number of esters is 1. The van der Waals surface area contributed by atoms with E-state index in [1.54, 1.807) is 11.8 Å². The zero-order valence-corrected chi connectivity index (χ0v) is 18.8. The van der Waals surface area contributed by atoms with Gasteiger partial charge in [-0.25, -0.2) is 0 Å². The van der Waals surface area contributed by atoms with Crippen LogP contribution in [0.1, 0.15) is 43.7 Å². The number of aryl methyl sites for hydroxylation is 2. The number of fused-ring (bicyclic) bond motifs is 1. The molecule has 3 fully saturated rings. The van der Waals surface area contributed by atoms with Gasteiger partial charge in [-0.1, -0.05) is 31.1 Å². The normalized spacial score (nSPS) is 31.8. The number of carbonyl (C=O) groups is 3. The van der Waals surface area contributed by atoms with Gasteiger partial charge in [-0.3, -0.25) is 14.4 Å². The molecular formula is C25H30N2O5. The summed E-state index contributed by atoms with van der Waals surface area (Å²) in [6.45, 7) is 5.95. The molecule has 1 N–H and O–H groups in total. The highest BCUT2D eigenvalue weighted by Crippen LogP contribution is 2.53. The Morgan fingerprint density at radius 2 is 1.88 bits per heavy atom. The molecule has 5 rings (SSSR count). The lowest BCUT2D eigenvalue weighted by Gasteiger charge is -2.24. The number of hydrogen-bond donors (Lipinski definition) is 1. The Hall–Kier alpha value is -2.67. The summed E-state index contributed by atoms with van der Waals surface area (Å²) >= 11 is 0. The molecule has 32 heavy (non-hydrogen) atoms. The van der Waals surface area contributed by atoms with Gasteiger partial charge in [-0.05, 0) is 56.9 Å². The first-order valence-corrected chi connectivity index (χ1v) is 11.6. The van der Waals surface area contributed by atoms with E-state index in [-0.39, 0.29) is 17.9 Å². The number of nitrogens with one attached hydrogen (secondary N) is 1. The zero-order valence-electron chi connectivity index (χ0n) is 18.8. The number of carbonyl (C=O) groups excluding carboxylic acids is 3. The fraction of sp³-hybridized carbons (Fsp3) is 0.560. The van der Waals surface area contributed by atoms with Crippen molar-refractivity contribution in [3.05, 3.63) is 41.5 Å². The lowest BCUT2D eigenvalue weighted by molar-refractivity contribution is -0.161. The van der Waals surface area contributed by atoms with Crippen LogP contribution in [-0.4, -0.2) is 48.2 Å². The number of ether oxygens (including phenoxy) is 2. The Morgan fingerprint density at radius 3 is 2.56 bits per heavy atom. The fourth-order valence-electron chi connectivity index (χ4n) is 5.79. The predicted octanol–water partition coefficient (Wildman–Crippen LogP) is 2.58. The molecule has 1 aromatic rings. The van der Waals surface area contributed by atoms with Gasteiger partial charge in [0.2, 0.25) is 5.91 Å². The maximum absolute atomic E-state index is 13.5. The molecule has 0 unspecified atom stereocenters. The monoisotopic (exact) mass is 438 g/mol. The van der Waals surface area contributed by atoms with Crippen LogP contribution in [0.15, 0.2) is 30.4 Å². The van der Waals surface area contributed by atoms with E-state index >= 15 is 0 Å². The van der Waals surface area contributed by atoms with Gasteiger partial charge in [-0.15, -0.1) is 0 Å². The maximum atomic E-state index is 13.5. The average molecular weight is 439 g/mol. The molecule has 1 spiro atoms. The van der Waals surface area contributed by atoms with Crippen LogP contribution in [0.25, 0.3) is 0 Å². The van der Waals surface area contributed by atoms with Crippen LogP contribution in [0.5, 0.6) is 0 Å². The van der Waals surface area contributed by atoms with Gasteiger partial charge in [0.05, 0.1) is 18.6 Å². The van der Waals surface area contributed by atoms with E-state index in [1.165, 1.54) is 0 Å². The molecule has 170 valence electrons. The number of hydrogen-bond acceptors (Lipinski definition) is 5. The molecule has 0 aromatic heterocycles. The molecule has 1 aromatic carbocycles. The van der Waals surface area contributed by atoms with Crippen LogP contribution in [-0.2, 0) is 23.9 Å². The Labute approximate surface area is 188 Å². The molecule has 5 atom stereocenters. The van der Waals surface area contributed by atoms with Crippen molar-refractivity contribution < 1.29 is 23.9 Å². The highest BCUT2D eigenvalue weighted by molar-refractivity contribution is 6.03. The standard InChI is InChI=1S/C25H30N2O5/c1-14-10-15(2)12-18(11-14)27-13-25-9-8-19(32-25)20(21(25)23(27)29)24(30)31-16(3)22(28)26-17-6-4-5-7-17/h8-12,16-17,19-21H,4-7,13H2,1-3H3,(H,26,28)/t16-,19-,20-,21+,25+/m0/s1. The minimum Gasteiger partial charge on any atom is -0.452 e. The first-order chi connectivity index (χ1) is 15.3. The zero-order chi connectivity index (χ0) is 22.6. The lowest BCUT2D eigenvalue weighted by Crippen LogP contribution is -2.44. The minimum atomic E-state index is -0.908. The van der Waals surface area contributed by atoms with E-state index in [0.717, 1.165) is 42.5 Å². The quantitative estimate of drug-likeness (QED) is 0.564. The van der Waals surface area contributed by atoms with Crippen molar-refractivity contribution in [3.8, 4) is 0 Å². The molecule has 2 saturated heterocycles. The van der Waals surface area contributed by atoms with Crippen LogP contribution in [0.4, 0.5) is 5.69 Å². The summed E-state index contributed by atoms with van der Waals surface area (Å²) in [6, 6.07) is 6.16. The van der Waals surface area contributed by atoms with Gasteiger partial charge in [0, 0.05) is 11.7 Å². The summed E-state index contributed by atoms with van der Waals surface area (Å²) in [4.78, 5) is 40.8. The van der Waals surface area contributed by atoms with E-state index in [4.69, 9.17) is 9.47 Å². The number of anilines is 1. The number of rotatable bonds is 5. The smallest absolute Gasteiger partial charge is 0.313 e. The Bertz CT molecular complexity index is 978. The first-order valence-electron chi connectivity index (χ1n) is 11.6. The van der Waals surface area contributed by atoms with Gasteiger partial charge in [0.1, 0.15) is 11.5 Å². The molecular weight excluding hydrogens is 408 g/mol. The number of amides is 2. The molecule has 1 aliphatic carbocycles. The summed E-state index contributed by atoms with van der Waals surface area (Å²) in [7, 11) is 0. The topological polar surface area (TPSA) is 84.9 Å². The van der Waals surface area contributed by atoms with Gasteiger partial charge >= 0.3 is 5.97 Å². The average Bonchev–Trinajstić information content (AvgIpc) is 3.49. The summed E-state index contributed by atoms with van der Waals surface area (Å²) in [5.74, 6) is -2.35. The second kappa shape index (κ2) is 7.73. The first kappa shape index (κ1) is 21.2. The third kappa shape index (κ3) is 3.43. The van der Waals surface area contributed by atoms with Crippen molar-refractivity contribution in [2.24, 2.45) is 11.8 Å². The van der Waals surface area contributed by atoms with Gasteiger partial charge in [-0.2, -0.15) is 0 Å². The van der Waals surface area contributed by atoms with Crippen molar-refractivity contribution in [2.75, 3.05) is 11.4 Å². The highest BCUT2D eigenvalue weighted by Gasteiger charge is 2.67. The molecule has 2 amide bonds. The molecule has 3 heterocycles. The number of benzene rings is 1. The van der Waals surface area contributed by atoms with Crippen molar-refractivity contribution in [1.82, 2.24) is 5.32 Å². The van der Waals surface area contributed by atoms with Crippen LogP contribution < -0.4 is 10.2 Å². The molecule has 3 aliphatic heterocycles. The number of nitrogens with zero attached hydrogens (tertiary/aromatic N) is 1. The molecule has 4 aliphatic rings. The van der Waals surface area contributed by atoms with E-state index in [1.807, 2.05) is 38.1 Å². The van der Waals surface area contributed by atoms with Gasteiger partial charge in [0.15, 0.2) is 6.10 Å². The molecule has 0 radical (unpaired) electrons. The van der Waals surface area contributed by atoms with Crippen LogP contribution >= 0.6 is 0 Å². The van der Waals surface area contributed by atoms with Crippen LogP contribution in [0.2, 0.25) is 0 Å². The van der Waals surface area contributed by atoms with E-state index in [0.29, 0.717) is 6.54 Å². The third-order valence-corrected chi connectivity index (χ3v) is 7.25. The van der Waals surface area contributed by atoms with Crippen molar-refractivity contribution in [2.45, 2.75) is 70.3 Å². The predicted molar refractivity (Wildman–Crippen MR) is 118 cm³/mol. The second-order valence-corrected chi connectivity index (χ2v) is 9.74. The van der Waals surface area contributed by atoms with Crippen LogP contribution in [0.3, 0.4) is 0 Å². The maximum Gasteiger partial charge on any atom is 0.313 e. The van der Waals surface area contributed by atoms with Gasteiger partial charge < -0.3 is 19.7 Å². The second-order valence-electron chi connectivity index (χ2n) is 9.74. The molecule has 7 nitrogen and oxygen atoms in total. The molecule has 1 saturated carbocycles. The van der Waals surface area contributed by atoms with Crippen molar-refractivity contribution >= 4 is 23.5 Å². The van der Waals surface area contributed by atoms with E-state index in [2.05, 4.69) is 11.4 Å². The summed E-state index contributed by atoms with van der Waals surface area (Å²) in [5.41, 5.74) is 2.13. The van der Waals surface area contributed by atoms with Crippen molar-refractivity contribution in [3.63, 3.8) is 0 Å². The Kier molecular flexibility index (Phi) is 5.12. The molecule has 2 bridgehead atoms. The molecule has 7 heteroatoms.